The molecule has 1 aliphatic rings. The van der Waals surface area contributed by atoms with Crippen LogP contribution in [0.1, 0.15) is 12.0 Å². The van der Waals surface area contributed by atoms with Gasteiger partial charge in [-0.2, -0.15) is 0 Å². The number of methoxy groups -OCH3 is 1. The van der Waals surface area contributed by atoms with Crippen LogP contribution in [0, 0.1) is 6.92 Å². The van der Waals surface area contributed by atoms with Crippen molar-refractivity contribution in [2.24, 2.45) is 0 Å². The van der Waals surface area contributed by atoms with E-state index < -0.39 is 0 Å². The molecule has 1 saturated carbocycles. The van der Waals surface area contributed by atoms with E-state index in [1.165, 1.54) is 0 Å². The summed E-state index contributed by atoms with van der Waals surface area (Å²) in [7, 11) is 1.66. The van der Waals surface area contributed by atoms with Crippen LogP contribution in [0.15, 0.2) is 18.2 Å². The number of hydrogen-bond donors (Lipinski definition) is 0. The third kappa shape index (κ3) is 3.85. The molecule has 1 aliphatic carbocycles. The van der Waals surface area contributed by atoms with Gasteiger partial charge in [0.2, 0.25) is 0 Å². The van der Waals surface area contributed by atoms with Crippen LogP contribution in [-0.2, 0) is 9.47 Å². The van der Waals surface area contributed by atoms with Crippen LogP contribution in [-0.4, -0.2) is 37.4 Å². The molecule has 0 aliphatic heterocycles. The van der Waals surface area contributed by atoms with Crippen molar-refractivity contribution in [3.63, 3.8) is 0 Å². The second kappa shape index (κ2) is 6.93. The maximum atomic E-state index is 6.13. The van der Waals surface area contributed by atoms with Gasteiger partial charge in [0.25, 0.3) is 0 Å². The fourth-order valence-electron chi connectivity index (χ4n) is 1.99. The number of ether oxygens (including phenoxy) is 3. The summed E-state index contributed by atoms with van der Waals surface area (Å²) in [6.07, 6.45) is 1.01. The predicted molar refractivity (Wildman–Crippen MR) is 79.6 cm³/mol. The Hall–Kier alpha value is -0.290. The molecular formula is C14H18BrClO3. The molecule has 0 N–H and O–H groups in total. The molecule has 3 unspecified atom stereocenters. The summed E-state index contributed by atoms with van der Waals surface area (Å²) in [4.78, 5) is 0.331. The van der Waals surface area contributed by atoms with Crippen molar-refractivity contribution in [2.75, 3.05) is 20.3 Å². The SMILES string of the molecule is COCCOC1C(Br)CC1Oc1cc(C)ccc1Cl. The molecule has 3 atom stereocenters. The van der Waals surface area contributed by atoms with Crippen LogP contribution in [0.3, 0.4) is 0 Å². The smallest absolute Gasteiger partial charge is 0.138 e. The summed E-state index contributed by atoms with van der Waals surface area (Å²) in [5.74, 6) is 0.728. The van der Waals surface area contributed by atoms with E-state index in [-0.39, 0.29) is 12.2 Å². The van der Waals surface area contributed by atoms with Crippen LogP contribution in [0.25, 0.3) is 0 Å². The van der Waals surface area contributed by atoms with Crippen molar-refractivity contribution < 1.29 is 14.2 Å². The van der Waals surface area contributed by atoms with Gasteiger partial charge >= 0.3 is 0 Å². The van der Waals surface area contributed by atoms with Crippen LogP contribution in [0.2, 0.25) is 5.02 Å². The Morgan fingerprint density at radius 1 is 1.37 bits per heavy atom. The van der Waals surface area contributed by atoms with Gasteiger partial charge in [-0.05, 0) is 24.6 Å². The van der Waals surface area contributed by atoms with E-state index >= 15 is 0 Å². The number of benzene rings is 1. The summed E-state index contributed by atoms with van der Waals surface area (Å²) in [5.41, 5.74) is 1.13. The van der Waals surface area contributed by atoms with Gasteiger partial charge in [-0.15, -0.1) is 0 Å². The standard InChI is InChI=1S/C14H18BrClO3/c1-9-3-4-11(16)12(7-9)19-13-8-10(15)14(13)18-6-5-17-2/h3-4,7,10,13-14H,5-6,8H2,1-2H3. The van der Waals surface area contributed by atoms with E-state index in [0.717, 1.165) is 17.7 Å². The third-order valence-electron chi connectivity index (χ3n) is 3.14. The first kappa shape index (κ1) is 15.1. The monoisotopic (exact) mass is 348 g/mol. The summed E-state index contributed by atoms with van der Waals surface area (Å²) in [5, 5.41) is 0.638. The molecule has 0 amide bonds. The zero-order valence-electron chi connectivity index (χ0n) is 11.1. The molecule has 19 heavy (non-hydrogen) atoms. The molecule has 0 radical (unpaired) electrons. The molecule has 1 aromatic carbocycles. The summed E-state index contributed by atoms with van der Waals surface area (Å²) in [6, 6.07) is 5.78. The Labute approximate surface area is 127 Å². The molecule has 0 bridgehead atoms. The highest BCUT2D eigenvalue weighted by Gasteiger charge is 2.42. The molecule has 1 fully saturated rings. The van der Waals surface area contributed by atoms with E-state index in [1.807, 2.05) is 25.1 Å². The minimum atomic E-state index is 0.0422. The molecule has 2 rings (SSSR count). The number of rotatable bonds is 6. The maximum absolute atomic E-state index is 6.13. The van der Waals surface area contributed by atoms with Gasteiger partial charge in [-0.25, -0.2) is 0 Å². The van der Waals surface area contributed by atoms with E-state index in [9.17, 15) is 0 Å². The molecule has 0 aromatic heterocycles. The minimum Gasteiger partial charge on any atom is -0.486 e. The van der Waals surface area contributed by atoms with Crippen LogP contribution in [0.5, 0.6) is 5.75 Å². The fourth-order valence-corrected chi connectivity index (χ4v) is 3.01. The summed E-state index contributed by atoms with van der Waals surface area (Å²) in [6.45, 7) is 3.18. The van der Waals surface area contributed by atoms with Gasteiger partial charge in [0.1, 0.15) is 18.0 Å². The van der Waals surface area contributed by atoms with Crippen molar-refractivity contribution in [2.45, 2.75) is 30.4 Å². The average Bonchev–Trinajstić information content (AvgIpc) is 2.38. The highest BCUT2D eigenvalue weighted by molar-refractivity contribution is 9.09. The Kier molecular flexibility index (Phi) is 5.51. The first-order valence-corrected chi connectivity index (χ1v) is 7.58. The molecule has 0 spiro atoms. The number of alkyl halides is 1. The van der Waals surface area contributed by atoms with Crippen LogP contribution >= 0.6 is 27.5 Å². The first-order chi connectivity index (χ1) is 9.11. The van der Waals surface area contributed by atoms with E-state index in [4.69, 9.17) is 25.8 Å². The number of halogens is 2. The quantitative estimate of drug-likeness (QED) is 0.580. The van der Waals surface area contributed by atoms with Crippen molar-refractivity contribution in [1.29, 1.82) is 0 Å². The summed E-state index contributed by atoms with van der Waals surface area (Å²) < 4.78 is 16.7. The topological polar surface area (TPSA) is 27.7 Å². The van der Waals surface area contributed by atoms with Crippen molar-refractivity contribution in [3.05, 3.63) is 28.8 Å². The summed E-state index contributed by atoms with van der Waals surface area (Å²) >= 11 is 9.72. The minimum absolute atomic E-state index is 0.0422. The third-order valence-corrected chi connectivity index (χ3v) is 4.35. The predicted octanol–water partition coefficient (Wildman–Crippen LogP) is 3.59. The van der Waals surface area contributed by atoms with Crippen molar-refractivity contribution >= 4 is 27.5 Å². The van der Waals surface area contributed by atoms with Crippen LogP contribution < -0.4 is 4.74 Å². The Morgan fingerprint density at radius 3 is 2.84 bits per heavy atom. The molecule has 0 saturated heterocycles. The van der Waals surface area contributed by atoms with Gasteiger partial charge in [0, 0.05) is 18.4 Å². The Balaban J connectivity index is 1.93. The lowest BCUT2D eigenvalue weighted by molar-refractivity contribution is -0.0865. The molecule has 106 valence electrons. The van der Waals surface area contributed by atoms with E-state index in [2.05, 4.69) is 15.9 Å². The fraction of sp³-hybridized carbons (Fsp3) is 0.571. The highest BCUT2D eigenvalue weighted by atomic mass is 79.9. The van der Waals surface area contributed by atoms with Gasteiger partial charge in [-0.3, -0.25) is 0 Å². The molecule has 0 heterocycles. The van der Waals surface area contributed by atoms with Crippen molar-refractivity contribution in [1.82, 2.24) is 0 Å². The second-order valence-corrected chi connectivity index (χ2v) is 6.25. The maximum Gasteiger partial charge on any atom is 0.138 e. The lowest BCUT2D eigenvalue weighted by atomic mass is 9.91. The van der Waals surface area contributed by atoms with Gasteiger partial charge in [-0.1, -0.05) is 33.6 Å². The zero-order valence-corrected chi connectivity index (χ0v) is 13.4. The average molecular weight is 350 g/mol. The molecule has 1 aromatic rings. The largest absolute Gasteiger partial charge is 0.486 e. The van der Waals surface area contributed by atoms with Gasteiger partial charge in [0.15, 0.2) is 0 Å². The van der Waals surface area contributed by atoms with Gasteiger partial charge in [0.05, 0.1) is 18.2 Å². The second-order valence-electron chi connectivity index (χ2n) is 4.67. The number of hydrogen-bond acceptors (Lipinski definition) is 3. The Morgan fingerprint density at radius 2 is 2.16 bits per heavy atom. The number of aryl methyl sites for hydroxylation is 1. The zero-order chi connectivity index (χ0) is 13.8. The molecule has 5 heteroatoms. The lowest BCUT2D eigenvalue weighted by Gasteiger charge is -2.41. The highest BCUT2D eigenvalue weighted by Crippen LogP contribution is 2.36. The normalized spacial score (nSPS) is 26.0. The van der Waals surface area contributed by atoms with E-state index in [0.29, 0.717) is 23.1 Å². The Bertz CT molecular complexity index is 427. The van der Waals surface area contributed by atoms with E-state index in [1.54, 1.807) is 7.11 Å². The lowest BCUT2D eigenvalue weighted by Crippen LogP contribution is -2.52. The van der Waals surface area contributed by atoms with Gasteiger partial charge < -0.3 is 14.2 Å². The molecule has 3 nitrogen and oxygen atoms in total. The van der Waals surface area contributed by atoms with Crippen LogP contribution in [0.4, 0.5) is 0 Å². The van der Waals surface area contributed by atoms with Crippen molar-refractivity contribution in [3.8, 4) is 5.75 Å². The first-order valence-electron chi connectivity index (χ1n) is 6.29. The molecular weight excluding hydrogens is 332 g/mol.